The smallest absolute Gasteiger partial charge is 0.141 e. The average Bonchev–Trinajstić information content (AvgIpc) is 3.33. The van der Waals surface area contributed by atoms with Gasteiger partial charge in [-0.15, -0.1) is 12.4 Å². The molecule has 7 heteroatoms. The normalized spacial score (nSPS) is 53.2. The largest absolute Gasteiger partial charge is 0.393 e. The number of nitrogens with zero attached hydrogens (tertiary/aromatic N) is 1. The van der Waals surface area contributed by atoms with Crippen molar-refractivity contribution in [3.8, 4) is 0 Å². The van der Waals surface area contributed by atoms with Crippen molar-refractivity contribution in [1.29, 1.82) is 0 Å². The molecule has 4 N–H and O–H groups in total. The summed E-state index contributed by atoms with van der Waals surface area (Å²) in [6, 6.07) is 0. The maximum Gasteiger partial charge on any atom is 0.141 e. The average molecular weight is 471 g/mol. The number of nitrogens with one attached hydrogen (secondary N) is 1. The molecule has 0 amide bonds. The van der Waals surface area contributed by atoms with Gasteiger partial charge in [-0.05, 0) is 74.7 Å². The molecule has 6 nitrogen and oxygen atoms in total. The van der Waals surface area contributed by atoms with Crippen molar-refractivity contribution < 1.29 is 20.2 Å². The molecule has 5 fully saturated rings. The van der Waals surface area contributed by atoms with Gasteiger partial charge in [0.2, 0.25) is 0 Å². The number of hydrogen-bond donors (Lipinski definition) is 4. The highest BCUT2D eigenvalue weighted by Crippen LogP contribution is 2.69. The van der Waals surface area contributed by atoms with E-state index in [0.29, 0.717) is 24.2 Å². The number of aliphatic hydroxyl groups excluding tert-OH is 2. The zero-order chi connectivity index (χ0) is 22.2. The Balaban J connectivity index is 0.00000245. The maximum absolute atomic E-state index is 12.4. The Morgan fingerprint density at radius 3 is 2.41 bits per heavy atom. The molecule has 9 atom stereocenters. The van der Waals surface area contributed by atoms with E-state index in [2.05, 4.69) is 38.2 Å². The van der Waals surface area contributed by atoms with Crippen LogP contribution in [0.2, 0.25) is 0 Å². The summed E-state index contributed by atoms with van der Waals surface area (Å²) in [5, 5.41) is 42.5. The third-order valence-corrected chi connectivity index (χ3v) is 10.9. The highest BCUT2D eigenvalue weighted by Gasteiger charge is 2.72. The highest BCUT2D eigenvalue weighted by atomic mass is 35.5. The molecule has 0 aromatic rings. The van der Waals surface area contributed by atoms with Gasteiger partial charge in [-0.2, -0.15) is 0 Å². The zero-order valence-corrected chi connectivity index (χ0v) is 21.0. The van der Waals surface area contributed by atoms with E-state index in [-0.39, 0.29) is 35.4 Å². The standard InChI is InChI=1S/C25H42N2O4.ClH/c1-22(2)19(27-31-15-9-12-26-14-15)8-11-24(4)18-7-10-23(3)17(5-6-20(23)28)16(18)13-21(29)25(22,24)30;/h15-18,20-21,26,28-30H,5-14H2,1-4H3;1H/b27-19+;/t15-,16+,17+,18+,20+,21+,23+,24-,25-;/m1./s1. The molecule has 0 aromatic carbocycles. The Bertz CT molecular complexity index is 756. The van der Waals surface area contributed by atoms with E-state index in [1.165, 1.54) is 0 Å². The Labute approximate surface area is 199 Å². The first kappa shape index (κ1) is 24.7. The second kappa shape index (κ2) is 8.08. The van der Waals surface area contributed by atoms with Gasteiger partial charge in [0, 0.05) is 23.8 Å². The second-order valence-electron chi connectivity index (χ2n) is 12.3. The molecule has 0 bridgehead atoms. The molecule has 184 valence electrons. The van der Waals surface area contributed by atoms with Gasteiger partial charge in [0.1, 0.15) is 11.7 Å². The lowest BCUT2D eigenvalue weighted by atomic mass is 9.38. The van der Waals surface area contributed by atoms with Crippen LogP contribution < -0.4 is 5.32 Å². The second-order valence-corrected chi connectivity index (χ2v) is 12.3. The van der Waals surface area contributed by atoms with Crippen LogP contribution in [0.5, 0.6) is 0 Å². The van der Waals surface area contributed by atoms with E-state index in [9.17, 15) is 15.3 Å². The van der Waals surface area contributed by atoms with E-state index in [1.807, 2.05) is 0 Å². The molecule has 1 heterocycles. The minimum absolute atomic E-state index is 0. The minimum Gasteiger partial charge on any atom is -0.393 e. The predicted octanol–water partition coefficient (Wildman–Crippen LogP) is 3.27. The predicted molar refractivity (Wildman–Crippen MR) is 127 cm³/mol. The van der Waals surface area contributed by atoms with Crippen LogP contribution >= 0.6 is 12.4 Å². The van der Waals surface area contributed by atoms with Gasteiger partial charge >= 0.3 is 0 Å². The molecule has 4 saturated carbocycles. The summed E-state index contributed by atoms with van der Waals surface area (Å²) in [5.41, 5.74) is -1.42. The number of halogens is 1. The summed E-state index contributed by atoms with van der Waals surface area (Å²) in [5.74, 6) is 1.17. The summed E-state index contributed by atoms with van der Waals surface area (Å²) in [7, 11) is 0. The first-order valence-corrected chi connectivity index (χ1v) is 12.6. The Kier molecular flexibility index (Phi) is 6.24. The number of aliphatic hydroxyl groups is 3. The molecule has 5 rings (SSSR count). The summed E-state index contributed by atoms with van der Waals surface area (Å²) in [6.45, 7) is 10.4. The topological polar surface area (TPSA) is 94.3 Å². The van der Waals surface area contributed by atoms with Crippen molar-refractivity contribution in [2.24, 2.45) is 39.2 Å². The molecule has 0 aromatic heterocycles. The molecule has 32 heavy (non-hydrogen) atoms. The van der Waals surface area contributed by atoms with Crippen LogP contribution in [-0.2, 0) is 4.84 Å². The van der Waals surface area contributed by atoms with Crippen LogP contribution in [0.15, 0.2) is 5.16 Å². The lowest BCUT2D eigenvalue weighted by Crippen LogP contribution is -2.74. The van der Waals surface area contributed by atoms with Crippen LogP contribution in [0.3, 0.4) is 0 Å². The quantitative estimate of drug-likeness (QED) is 0.465. The van der Waals surface area contributed by atoms with Crippen molar-refractivity contribution in [2.75, 3.05) is 13.1 Å². The molecule has 4 aliphatic carbocycles. The Morgan fingerprint density at radius 1 is 0.969 bits per heavy atom. The molecule has 0 unspecified atom stereocenters. The van der Waals surface area contributed by atoms with Crippen molar-refractivity contribution in [1.82, 2.24) is 5.32 Å². The number of oxime groups is 1. The summed E-state index contributed by atoms with van der Waals surface area (Å²) in [6.07, 6.45) is 6.21. The molecule has 1 aliphatic heterocycles. The van der Waals surface area contributed by atoms with Crippen LogP contribution in [0.4, 0.5) is 0 Å². The van der Waals surface area contributed by atoms with Gasteiger partial charge in [0.05, 0.1) is 17.9 Å². The molecule has 5 aliphatic rings. The lowest BCUT2D eigenvalue weighted by Gasteiger charge is -2.68. The fourth-order valence-corrected chi connectivity index (χ4v) is 8.90. The third-order valence-electron chi connectivity index (χ3n) is 10.9. The molecule has 1 saturated heterocycles. The van der Waals surface area contributed by atoms with E-state index in [4.69, 9.17) is 4.84 Å². The highest BCUT2D eigenvalue weighted by molar-refractivity contribution is 5.91. The number of fused-ring (bicyclic) bond motifs is 5. The lowest BCUT2D eigenvalue weighted by molar-refractivity contribution is -0.276. The van der Waals surface area contributed by atoms with Gasteiger partial charge in [0.25, 0.3) is 0 Å². The van der Waals surface area contributed by atoms with Crippen LogP contribution in [0.25, 0.3) is 0 Å². The van der Waals surface area contributed by atoms with Gasteiger partial charge in [-0.3, -0.25) is 0 Å². The first-order chi connectivity index (χ1) is 14.6. The summed E-state index contributed by atoms with van der Waals surface area (Å²) in [4.78, 5) is 5.86. The Morgan fingerprint density at radius 2 is 1.72 bits per heavy atom. The minimum atomic E-state index is -1.24. The fraction of sp³-hybridized carbons (Fsp3) is 0.960. The third kappa shape index (κ3) is 3.08. The zero-order valence-electron chi connectivity index (χ0n) is 20.1. The fourth-order valence-electron chi connectivity index (χ4n) is 8.90. The van der Waals surface area contributed by atoms with Gasteiger partial charge in [-0.25, -0.2) is 0 Å². The van der Waals surface area contributed by atoms with Crippen molar-refractivity contribution >= 4 is 18.1 Å². The number of rotatable bonds is 2. The van der Waals surface area contributed by atoms with Crippen LogP contribution in [-0.4, -0.2) is 58.0 Å². The molecular weight excluding hydrogens is 428 g/mol. The van der Waals surface area contributed by atoms with Gasteiger partial charge in [0.15, 0.2) is 0 Å². The van der Waals surface area contributed by atoms with E-state index >= 15 is 0 Å². The van der Waals surface area contributed by atoms with E-state index in [0.717, 1.165) is 63.7 Å². The molecular formula is C25H43ClN2O4. The van der Waals surface area contributed by atoms with Gasteiger partial charge in [-0.1, -0.05) is 32.9 Å². The SMILES string of the molecule is CC1(C)/C(=N/O[C@@H]2CCNC2)CC[C@]2(C)[C@H]3CC[C@]4(C)[C@@H](O)CC[C@H]4[C@@H]3C[C@H](O)[C@@]12O.Cl. The first-order valence-electron chi connectivity index (χ1n) is 12.6. The van der Waals surface area contributed by atoms with Crippen molar-refractivity contribution in [3.05, 3.63) is 0 Å². The monoisotopic (exact) mass is 470 g/mol. The molecule has 0 spiro atoms. The number of hydrogen-bond acceptors (Lipinski definition) is 6. The maximum atomic E-state index is 12.4. The molecule has 0 radical (unpaired) electrons. The van der Waals surface area contributed by atoms with Crippen LogP contribution in [0.1, 0.15) is 79.1 Å². The van der Waals surface area contributed by atoms with Crippen molar-refractivity contribution in [2.45, 2.75) is 103 Å². The van der Waals surface area contributed by atoms with Crippen LogP contribution in [0, 0.1) is 34.0 Å². The van der Waals surface area contributed by atoms with Crippen molar-refractivity contribution in [3.63, 3.8) is 0 Å². The van der Waals surface area contributed by atoms with Gasteiger partial charge < -0.3 is 25.5 Å². The summed E-state index contributed by atoms with van der Waals surface area (Å²) < 4.78 is 0. The van der Waals surface area contributed by atoms with E-state index < -0.39 is 17.1 Å². The Hall–Kier alpha value is -0.400. The van der Waals surface area contributed by atoms with E-state index in [1.54, 1.807) is 0 Å². The summed E-state index contributed by atoms with van der Waals surface area (Å²) >= 11 is 0.